The second kappa shape index (κ2) is 6.06. The summed E-state index contributed by atoms with van der Waals surface area (Å²) >= 11 is 3.39. The van der Waals surface area contributed by atoms with Crippen LogP contribution in [-0.4, -0.2) is 21.8 Å². The van der Waals surface area contributed by atoms with E-state index in [0.717, 1.165) is 4.47 Å². The monoisotopic (exact) mass is 346 g/mol. The summed E-state index contributed by atoms with van der Waals surface area (Å²) in [5, 5.41) is 0. The van der Waals surface area contributed by atoms with Gasteiger partial charge < -0.3 is 9.88 Å². The molecule has 110 valence electrons. The quantitative estimate of drug-likeness (QED) is 0.864. The Kier molecular flexibility index (Phi) is 4.15. The summed E-state index contributed by atoms with van der Waals surface area (Å²) in [6.07, 6.45) is 4.26. The van der Waals surface area contributed by atoms with Crippen molar-refractivity contribution in [1.29, 1.82) is 0 Å². The lowest BCUT2D eigenvalue weighted by Gasteiger charge is -2.29. The van der Waals surface area contributed by atoms with Gasteiger partial charge in [0.25, 0.3) is 5.91 Å². The molecule has 4 heteroatoms. The van der Waals surface area contributed by atoms with E-state index in [-0.39, 0.29) is 11.9 Å². The lowest BCUT2D eigenvalue weighted by atomic mass is 10.1. The van der Waals surface area contributed by atoms with E-state index < -0.39 is 0 Å². The van der Waals surface area contributed by atoms with Crippen LogP contribution in [0.5, 0.6) is 0 Å². The van der Waals surface area contributed by atoms with Crippen LogP contribution in [0.25, 0.3) is 0 Å². The van der Waals surface area contributed by atoms with Crippen molar-refractivity contribution in [2.45, 2.75) is 32.4 Å². The van der Waals surface area contributed by atoms with E-state index in [1.54, 1.807) is 6.20 Å². The van der Waals surface area contributed by atoms with Gasteiger partial charge in [0.15, 0.2) is 0 Å². The third-order valence-electron chi connectivity index (χ3n) is 4.13. The smallest absolute Gasteiger partial charge is 0.270 e. The highest BCUT2D eigenvalue weighted by molar-refractivity contribution is 9.10. The van der Waals surface area contributed by atoms with Gasteiger partial charge in [-0.05, 0) is 53.2 Å². The molecular formula is C17H19BrN2O. The molecule has 1 amide bonds. The molecule has 1 N–H and O–H groups in total. The molecule has 0 spiro atoms. The molecule has 0 bridgehead atoms. The number of rotatable bonds is 5. The fourth-order valence-corrected chi connectivity index (χ4v) is 3.00. The number of amides is 1. The van der Waals surface area contributed by atoms with Crippen molar-refractivity contribution < 1.29 is 4.79 Å². The molecule has 1 fully saturated rings. The zero-order chi connectivity index (χ0) is 14.8. The van der Waals surface area contributed by atoms with Crippen LogP contribution in [0, 0.1) is 5.92 Å². The Morgan fingerprint density at radius 3 is 2.67 bits per heavy atom. The summed E-state index contributed by atoms with van der Waals surface area (Å²) in [5.41, 5.74) is 1.81. The lowest BCUT2D eigenvalue weighted by Crippen LogP contribution is -2.39. The van der Waals surface area contributed by atoms with Crippen molar-refractivity contribution in [1.82, 2.24) is 9.88 Å². The standard InChI is InChI=1S/C17H19BrN2O/c1-12(14-7-8-14)20(11-13-5-3-2-4-6-13)17(21)16-9-15(18)10-19-16/h2-6,9-10,12,14,19H,7-8,11H2,1H3. The van der Waals surface area contributed by atoms with Crippen LogP contribution >= 0.6 is 15.9 Å². The summed E-state index contributed by atoms with van der Waals surface area (Å²) in [5.74, 6) is 0.722. The first kappa shape index (κ1) is 14.4. The molecule has 21 heavy (non-hydrogen) atoms. The van der Waals surface area contributed by atoms with E-state index in [0.29, 0.717) is 18.2 Å². The third-order valence-corrected chi connectivity index (χ3v) is 4.59. The van der Waals surface area contributed by atoms with E-state index >= 15 is 0 Å². The minimum atomic E-state index is 0.0731. The number of carbonyl (C=O) groups is 1. The van der Waals surface area contributed by atoms with Crippen LogP contribution in [-0.2, 0) is 6.54 Å². The number of benzene rings is 1. The molecule has 3 rings (SSSR count). The summed E-state index contributed by atoms with van der Waals surface area (Å²) in [4.78, 5) is 17.8. The highest BCUT2D eigenvalue weighted by Crippen LogP contribution is 2.36. The first-order chi connectivity index (χ1) is 10.1. The first-order valence-corrected chi connectivity index (χ1v) is 8.13. The third kappa shape index (κ3) is 3.38. The molecule has 1 unspecified atom stereocenters. The van der Waals surface area contributed by atoms with Crippen LogP contribution in [0.1, 0.15) is 35.8 Å². The van der Waals surface area contributed by atoms with Gasteiger partial charge in [-0.2, -0.15) is 0 Å². The number of aromatic amines is 1. The van der Waals surface area contributed by atoms with Crippen molar-refractivity contribution in [2.75, 3.05) is 0 Å². The maximum Gasteiger partial charge on any atom is 0.270 e. The highest BCUT2D eigenvalue weighted by Gasteiger charge is 2.34. The van der Waals surface area contributed by atoms with Gasteiger partial charge in [-0.1, -0.05) is 30.3 Å². The van der Waals surface area contributed by atoms with Crippen molar-refractivity contribution in [3.05, 3.63) is 58.3 Å². The second-order valence-electron chi connectivity index (χ2n) is 5.73. The molecule has 1 heterocycles. The first-order valence-electron chi connectivity index (χ1n) is 7.34. The number of nitrogens with zero attached hydrogens (tertiary/aromatic N) is 1. The molecule has 1 aromatic heterocycles. The Morgan fingerprint density at radius 1 is 1.38 bits per heavy atom. The highest BCUT2D eigenvalue weighted by atomic mass is 79.9. The fourth-order valence-electron chi connectivity index (χ4n) is 2.66. The maximum atomic E-state index is 12.8. The van der Waals surface area contributed by atoms with Crippen molar-refractivity contribution in [3.63, 3.8) is 0 Å². The second-order valence-corrected chi connectivity index (χ2v) is 6.64. The summed E-state index contributed by atoms with van der Waals surface area (Å²) in [6.45, 7) is 2.82. The number of H-pyrrole nitrogens is 1. The van der Waals surface area contributed by atoms with E-state index in [2.05, 4.69) is 40.0 Å². The molecule has 0 saturated heterocycles. The van der Waals surface area contributed by atoms with Crippen LogP contribution in [0.3, 0.4) is 0 Å². The minimum absolute atomic E-state index is 0.0731. The van der Waals surface area contributed by atoms with Crippen molar-refractivity contribution >= 4 is 21.8 Å². The van der Waals surface area contributed by atoms with Crippen LogP contribution in [0.4, 0.5) is 0 Å². The van der Waals surface area contributed by atoms with Gasteiger partial charge in [-0.3, -0.25) is 4.79 Å². The molecule has 0 radical (unpaired) electrons. The van der Waals surface area contributed by atoms with E-state index in [9.17, 15) is 4.79 Å². The molecule has 1 aliphatic carbocycles. The predicted octanol–water partition coefficient (Wildman–Crippen LogP) is 4.22. The Balaban J connectivity index is 1.83. The number of halogens is 1. The summed E-state index contributed by atoms with van der Waals surface area (Å²) in [6, 6.07) is 12.3. The van der Waals surface area contributed by atoms with Gasteiger partial charge in [-0.25, -0.2) is 0 Å². The molecule has 1 saturated carbocycles. The SMILES string of the molecule is CC(C1CC1)N(Cc1ccccc1)C(=O)c1cc(Br)c[nH]1. The molecule has 1 aliphatic rings. The summed E-state index contributed by atoms with van der Waals surface area (Å²) < 4.78 is 0.907. The lowest BCUT2D eigenvalue weighted by molar-refractivity contribution is 0.0649. The van der Waals surface area contributed by atoms with Gasteiger partial charge in [0.2, 0.25) is 0 Å². The van der Waals surface area contributed by atoms with Gasteiger partial charge in [0, 0.05) is 23.3 Å². The molecular weight excluding hydrogens is 328 g/mol. The van der Waals surface area contributed by atoms with Crippen LogP contribution < -0.4 is 0 Å². The van der Waals surface area contributed by atoms with Gasteiger partial charge in [0.1, 0.15) is 5.69 Å². The molecule has 1 aromatic carbocycles. The molecule has 3 nitrogen and oxygen atoms in total. The molecule has 0 aliphatic heterocycles. The van der Waals surface area contributed by atoms with Crippen molar-refractivity contribution in [2.24, 2.45) is 5.92 Å². The van der Waals surface area contributed by atoms with Crippen molar-refractivity contribution in [3.8, 4) is 0 Å². The maximum absolute atomic E-state index is 12.8. The predicted molar refractivity (Wildman–Crippen MR) is 87.0 cm³/mol. The van der Waals surface area contributed by atoms with E-state index in [1.165, 1.54) is 18.4 Å². The number of hydrogen-bond acceptors (Lipinski definition) is 1. The van der Waals surface area contributed by atoms with E-state index in [1.807, 2.05) is 29.2 Å². The zero-order valence-corrected chi connectivity index (χ0v) is 13.6. The fraction of sp³-hybridized carbons (Fsp3) is 0.353. The normalized spacial score (nSPS) is 15.7. The average Bonchev–Trinajstić information content (AvgIpc) is 3.26. The largest absolute Gasteiger partial charge is 0.356 e. The minimum Gasteiger partial charge on any atom is -0.356 e. The Bertz CT molecular complexity index is 619. The van der Waals surface area contributed by atoms with Gasteiger partial charge >= 0.3 is 0 Å². The average molecular weight is 347 g/mol. The number of aromatic nitrogens is 1. The topological polar surface area (TPSA) is 36.1 Å². The van der Waals surface area contributed by atoms with Gasteiger partial charge in [0.05, 0.1) is 0 Å². The Morgan fingerprint density at radius 2 is 2.10 bits per heavy atom. The Hall–Kier alpha value is -1.55. The zero-order valence-electron chi connectivity index (χ0n) is 12.1. The Labute approximate surface area is 133 Å². The number of hydrogen-bond donors (Lipinski definition) is 1. The van der Waals surface area contributed by atoms with E-state index in [4.69, 9.17) is 0 Å². The van der Waals surface area contributed by atoms with Crippen LogP contribution in [0.2, 0.25) is 0 Å². The number of carbonyl (C=O) groups excluding carboxylic acids is 1. The number of nitrogens with one attached hydrogen (secondary N) is 1. The molecule has 2 aromatic rings. The van der Waals surface area contributed by atoms with Crippen LogP contribution in [0.15, 0.2) is 47.1 Å². The summed E-state index contributed by atoms with van der Waals surface area (Å²) in [7, 11) is 0. The van der Waals surface area contributed by atoms with Gasteiger partial charge in [-0.15, -0.1) is 0 Å². The molecule has 1 atom stereocenters.